The third-order valence-corrected chi connectivity index (χ3v) is 3.86. The van der Waals surface area contributed by atoms with Gasteiger partial charge in [0.1, 0.15) is 18.5 Å². The number of ether oxygens (including phenoxy) is 3. The Morgan fingerprint density at radius 2 is 2.17 bits per heavy atom. The van der Waals surface area contributed by atoms with Crippen molar-refractivity contribution in [2.45, 2.75) is 32.4 Å². The van der Waals surface area contributed by atoms with Gasteiger partial charge in [0, 0.05) is 12.6 Å². The molecule has 7 nitrogen and oxygen atoms in total. The van der Waals surface area contributed by atoms with Gasteiger partial charge in [-0.3, -0.25) is 4.79 Å². The quantitative estimate of drug-likeness (QED) is 0.648. The van der Waals surface area contributed by atoms with E-state index in [9.17, 15) is 9.90 Å². The van der Waals surface area contributed by atoms with Crippen LogP contribution in [0.5, 0.6) is 17.2 Å². The highest BCUT2D eigenvalue weighted by molar-refractivity contribution is 5.81. The summed E-state index contributed by atoms with van der Waals surface area (Å²) in [7, 11) is 0. The van der Waals surface area contributed by atoms with Gasteiger partial charge < -0.3 is 30.4 Å². The molecule has 0 bridgehead atoms. The highest BCUT2D eigenvalue weighted by Gasteiger charge is 2.20. The van der Waals surface area contributed by atoms with E-state index >= 15 is 0 Å². The number of benzene rings is 1. The number of hydrogen-bond acceptors (Lipinski definition) is 6. The number of carbonyl (C=O) groups is 1. The van der Waals surface area contributed by atoms with Crippen molar-refractivity contribution in [3.05, 3.63) is 18.2 Å². The Morgan fingerprint density at radius 1 is 1.43 bits per heavy atom. The predicted octanol–water partition coefficient (Wildman–Crippen LogP) is 0.645. The lowest BCUT2D eigenvalue weighted by Crippen LogP contribution is -2.47. The molecule has 2 rings (SSSR count). The zero-order valence-corrected chi connectivity index (χ0v) is 13.5. The molecular formula is C16H24N2O5. The minimum Gasteiger partial charge on any atom is -0.491 e. The summed E-state index contributed by atoms with van der Waals surface area (Å²) in [6.07, 6.45) is -0.00168. The number of nitrogens with two attached hydrogens (primary N) is 1. The number of rotatable bonds is 8. The minimum atomic E-state index is -0.825. The summed E-state index contributed by atoms with van der Waals surface area (Å²) in [5.74, 6) is 1.68. The molecular weight excluding hydrogens is 300 g/mol. The van der Waals surface area contributed by atoms with Crippen molar-refractivity contribution in [2.75, 3.05) is 19.9 Å². The summed E-state index contributed by atoms with van der Waals surface area (Å²) in [4.78, 5) is 11.8. The average molecular weight is 324 g/mol. The van der Waals surface area contributed by atoms with Crippen LogP contribution in [-0.4, -0.2) is 43.1 Å². The normalized spacial score (nSPS) is 16.5. The van der Waals surface area contributed by atoms with E-state index in [0.29, 0.717) is 17.2 Å². The molecule has 0 spiro atoms. The van der Waals surface area contributed by atoms with E-state index in [1.165, 1.54) is 0 Å². The molecule has 7 heteroatoms. The average Bonchev–Trinajstić information content (AvgIpc) is 3.03. The molecule has 1 aromatic rings. The monoisotopic (exact) mass is 324 g/mol. The first kappa shape index (κ1) is 17.4. The maximum atomic E-state index is 11.8. The fraction of sp³-hybridized carbons (Fsp3) is 0.562. The Labute approximate surface area is 135 Å². The number of nitrogens with one attached hydrogen (secondary N) is 1. The van der Waals surface area contributed by atoms with E-state index in [1.807, 2.05) is 13.8 Å². The summed E-state index contributed by atoms with van der Waals surface area (Å²) in [5, 5.41) is 12.5. The standard InChI is InChI=1S/C16H24N2O5/c1-3-10(2)15(17)16(20)18-7-11(19)8-21-12-4-5-13-14(6-12)23-9-22-13/h4-6,10-11,15,19H,3,7-9,17H2,1-2H3,(H,18,20). The zero-order chi connectivity index (χ0) is 16.8. The van der Waals surface area contributed by atoms with Gasteiger partial charge in [0.15, 0.2) is 11.5 Å². The maximum Gasteiger partial charge on any atom is 0.237 e. The number of carbonyl (C=O) groups excluding carboxylic acids is 1. The molecule has 0 saturated heterocycles. The summed E-state index contributed by atoms with van der Waals surface area (Å²) >= 11 is 0. The lowest BCUT2D eigenvalue weighted by molar-refractivity contribution is -0.123. The van der Waals surface area contributed by atoms with Gasteiger partial charge in [-0.1, -0.05) is 20.3 Å². The van der Waals surface area contributed by atoms with Crippen molar-refractivity contribution in [1.29, 1.82) is 0 Å². The Balaban J connectivity index is 1.73. The molecule has 1 aliphatic rings. The van der Waals surface area contributed by atoms with Crippen LogP contribution in [0.3, 0.4) is 0 Å². The molecule has 0 aliphatic carbocycles. The highest BCUT2D eigenvalue weighted by atomic mass is 16.7. The Morgan fingerprint density at radius 3 is 2.91 bits per heavy atom. The van der Waals surface area contributed by atoms with Gasteiger partial charge >= 0.3 is 0 Å². The fourth-order valence-corrected chi connectivity index (χ4v) is 2.07. The topological polar surface area (TPSA) is 103 Å². The van der Waals surface area contributed by atoms with Crippen LogP contribution < -0.4 is 25.3 Å². The second kappa shape index (κ2) is 8.03. The third-order valence-electron chi connectivity index (χ3n) is 3.86. The number of aliphatic hydroxyl groups excluding tert-OH is 1. The van der Waals surface area contributed by atoms with Gasteiger partial charge in [-0.05, 0) is 18.1 Å². The second-order valence-corrected chi connectivity index (χ2v) is 5.64. The summed E-state index contributed by atoms with van der Waals surface area (Å²) in [6.45, 7) is 4.24. The van der Waals surface area contributed by atoms with Crippen molar-refractivity contribution in [1.82, 2.24) is 5.32 Å². The minimum absolute atomic E-state index is 0.0541. The van der Waals surface area contributed by atoms with Crippen molar-refractivity contribution in [3.63, 3.8) is 0 Å². The smallest absolute Gasteiger partial charge is 0.237 e. The van der Waals surface area contributed by atoms with Crippen LogP contribution in [0.1, 0.15) is 20.3 Å². The SMILES string of the molecule is CCC(C)C(N)C(=O)NCC(O)COc1ccc2c(c1)OCO2. The molecule has 0 saturated carbocycles. The summed E-state index contributed by atoms with van der Waals surface area (Å²) < 4.78 is 15.9. The molecule has 3 atom stereocenters. The first-order valence-corrected chi connectivity index (χ1v) is 7.75. The second-order valence-electron chi connectivity index (χ2n) is 5.64. The molecule has 1 heterocycles. The Bertz CT molecular complexity index is 537. The fourth-order valence-electron chi connectivity index (χ4n) is 2.07. The van der Waals surface area contributed by atoms with Crippen LogP contribution in [0, 0.1) is 5.92 Å². The van der Waals surface area contributed by atoms with Crippen molar-refractivity contribution < 1.29 is 24.1 Å². The van der Waals surface area contributed by atoms with Crippen molar-refractivity contribution in [3.8, 4) is 17.2 Å². The zero-order valence-electron chi connectivity index (χ0n) is 13.5. The molecule has 128 valence electrons. The van der Waals surface area contributed by atoms with Gasteiger partial charge in [0.05, 0.1) is 6.04 Å². The van der Waals surface area contributed by atoms with Crippen LogP contribution >= 0.6 is 0 Å². The van der Waals surface area contributed by atoms with Crippen molar-refractivity contribution in [2.24, 2.45) is 11.7 Å². The van der Waals surface area contributed by atoms with Crippen LogP contribution in [0.25, 0.3) is 0 Å². The van der Waals surface area contributed by atoms with Crippen LogP contribution in [0.4, 0.5) is 0 Å². The Kier molecular flexibility index (Phi) is 6.06. The number of aliphatic hydroxyl groups is 1. The van der Waals surface area contributed by atoms with Gasteiger partial charge in [0.2, 0.25) is 12.7 Å². The molecule has 0 aromatic heterocycles. The molecule has 0 radical (unpaired) electrons. The van der Waals surface area contributed by atoms with Crippen molar-refractivity contribution >= 4 is 5.91 Å². The van der Waals surface area contributed by atoms with E-state index < -0.39 is 12.1 Å². The van der Waals surface area contributed by atoms with E-state index in [1.54, 1.807) is 18.2 Å². The molecule has 1 aromatic carbocycles. The van der Waals surface area contributed by atoms with Gasteiger partial charge in [0.25, 0.3) is 0 Å². The van der Waals surface area contributed by atoms with Gasteiger partial charge in [-0.25, -0.2) is 0 Å². The highest BCUT2D eigenvalue weighted by Crippen LogP contribution is 2.35. The first-order chi connectivity index (χ1) is 11.0. The summed E-state index contributed by atoms with van der Waals surface area (Å²) in [6, 6.07) is 4.61. The molecule has 1 aliphatic heterocycles. The maximum absolute atomic E-state index is 11.8. The molecule has 3 unspecified atom stereocenters. The van der Waals surface area contributed by atoms with Crippen LogP contribution in [0.2, 0.25) is 0 Å². The molecule has 0 fully saturated rings. The van der Waals surface area contributed by atoms with E-state index in [4.69, 9.17) is 19.9 Å². The number of hydrogen-bond donors (Lipinski definition) is 3. The number of amides is 1. The van der Waals surface area contributed by atoms with Gasteiger partial charge in [-0.15, -0.1) is 0 Å². The predicted molar refractivity (Wildman–Crippen MR) is 84.5 cm³/mol. The molecule has 23 heavy (non-hydrogen) atoms. The first-order valence-electron chi connectivity index (χ1n) is 7.75. The third kappa shape index (κ3) is 4.74. The molecule has 1 amide bonds. The Hall–Kier alpha value is -1.99. The molecule has 4 N–H and O–H groups in total. The van der Waals surface area contributed by atoms with E-state index in [2.05, 4.69) is 5.32 Å². The van der Waals surface area contributed by atoms with E-state index in [0.717, 1.165) is 6.42 Å². The lowest BCUT2D eigenvalue weighted by atomic mass is 9.99. The van der Waals surface area contributed by atoms with Gasteiger partial charge in [-0.2, -0.15) is 0 Å². The van der Waals surface area contributed by atoms with Crippen LogP contribution in [0.15, 0.2) is 18.2 Å². The largest absolute Gasteiger partial charge is 0.491 e. The summed E-state index contributed by atoms with van der Waals surface area (Å²) in [5.41, 5.74) is 5.82. The van der Waals surface area contributed by atoms with Crippen LogP contribution in [-0.2, 0) is 4.79 Å². The van der Waals surface area contributed by atoms with E-state index in [-0.39, 0.29) is 31.8 Å². The number of fused-ring (bicyclic) bond motifs is 1. The lowest BCUT2D eigenvalue weighted by Gasteiger charge is -2.19.